The maximum absolute atomic E-state index is 9.53. The number of para-hydroxylation sites is 4. The van der Waals surface area contributed by atoms with Crippen molar-refractivity contribution >= 4 is 11.8 Å². The van der Waals surface area contributed by atoms with Crippen LogP contribution in [0.2, 0.25) is 0 Å². The van der Waals surface area contributed by atoms with Gasteiger partial charge < -0.3 is 57.2 Å². The van der Waals surface area contributed by atoms with Crippen molar-refractivity contribution < 1.29 is 57.2 Å². The summed E-state index contributed by atoms with van der Waals surface area (Å²) in [5.41, 5.74) is 0. The summed E-state index contributed by atoms with van der Waals surface area (Å²) in [6.07, 6.45) is -2.76. The van der Waals surface area contributed by atoms with Crippen LogP contribution in [0.1, 0.15) is 13.8 Å². The lowest BCUT2D eigenvalue weighted by molar-refractivity contribution is -0.174. The molecule has 6 atom stereocenters. The van der Waals surface area contributed by atoms with Gasteiger partial charge in [-0.2, -0.15) is 0 Å². The largest absolute Gasteiger partial charge is 0.491 e. The number of aliphatic hydroxyl groups excluding tert-OH is 1. The Bertz CT molecular complexity index is 1810. The standard InChI is InChI=1S/C51H64O12S/c1-3-53-41(2)55-31-47(61-37-48(34-57-43-21-11-5-12-22-43)60-33-46(54-30-29-52)32-56-42-19-9-4-10-20-42)36-62-49(35-58-44-23-13-6-14-24-44)38-63-50(39-59-45-25-15-7-16-26-45)40-64-51-27-17-8-18-28-51/h4-28,41,46-50,52H,3,29-40H2,1-2H3. The first kappa shape index (κ1) is 50.3. The highest BCUT2D eigenvalue weighted by Crippen LogP contribution is 2.21. The van der Waals surface area contributed by atoms with E-state index in [1.165, 1.54) is 0 Å². The summed E-state index contributed by atoms with van der Waals surface area (Å²) >= 11 is 1.71. The Labute approximate surface area is 382 Å². The molecule has 6 unspecified atom stereocenters. The summed E-state index contributed by atoms with van der Waals surface area (Å²) in [6, 6.07) is 48.6. The Balaban J connectivity index is 1.26. The lowest BCUT2D eigenvalue weighted by Gasteiger charge is -2.28. The molecule has 5 rings (SSSR count). The highest BCUT2D eigenvalue weighted by Gasteiger charge is 2.23. The molecule has 0 aromatic heterocycles. The Kier molecular flexibility index (Phi) is 24.6. The van der Waals surface area contributed by atoms with Crippen LogP contribution >= 0.6 is 11.8 Å². The maximum Gasteiger partial charge on any atom is 0.154 e. The van der Waals surface area contributed by atoms with Crippen LogP contribution in [0, 0.1) is 0 Å². The second-order valence-corrected chi connectivity index (χ2v) is 15.6. The van der Waals surface area contributed by atoms with E-state index in [1.807, 2.05) is 153 Å². The number of rotatable bonds is 35. The number of hydrogen-bond donors (Lipinski definition) is 1. The minimum atomic E-state index is -0.543. The molecule has 0 saturated heterocycles. The van der Waals surface area contributed by atoms with Crippen molar-refractivity contribution in [1.29, 1.82) is 0 Å². The fourth-order valence-electron chi connectivity index (χ4n) is 5.97. The van der Waals surface area contributed by atoms with Crippen molar-refractivity contribution in [2.45, 2.75) is 55.6 Å². The molecule has 1 N–H and O–H groups in total. The zero-order valence-corrected chi connectivity index (χ0v) is 37.8. The number of thioether (sulfide) groups is 1. The van der Waals surface area contributed by atoms with Crippen LogP contribution in [0.5, 0.6) is 23.0 Å². The van der Waals surface area contributed by atoms with Gasteiger partial charge in [-0.1, -0.05) is 91.0 Å². The summed E-state index contributed by atoms with van der Waals surface area (Å²) in [5.74, 6) is 3.55. The van der Waals surface area contributed by atoms with Gasteiger partial charge in [0.1, 0.15) is 79.9 Å². The normalized spacial score (nSPS) is 14.2. The van der Waals surface area contributed by atoms with Gasteiger partial charge in [0.25, 0.3) is 0 Å². The molecule has 0 bridgehead atoms. The van der Waals surface area contributed by atoms with E-state index in [9.17, 15) is 5.11 Å². The molecule has 5 aromatic rings. The van der Waals surface area contributed by atoms with E-state index in [-0.39, 0.29) is 72.2 Å². The van der Waals surface area contributed by atoms with Gasteiger partial charge in [0.05, 0.1) is 46.2 Å². The SMILES string of the molecule is CCOC(C)OCC(COC(COc1ccccc1)COC(COc1ccccc1)CSc1ccccc1)OCC(COc1ccccc1)OCC(COc1ccccc1)OCCO. The molecular weight excluding hydrogens is 837 g/mol. The summed E-state index contributed by atoms with van der Waals surface area (Å²) in [6.45, 7) is 6.09. The topological polar surface area (TPSA) is 122 Å². The monoisotopic (exact) mass is 900 g/mol. The van der Waals surface area contributed by atoms with E-state index < -0.39 is 30.7 Å². The lowest BCUT2D eigenvalue weighted by Crippen LogP contribution is -2.39. The van der Waals surface area contributed by atoms with Crippen molar-refractivity contribution in [3.05, 3.63) is 152 Å². The molecule has 64 heavy (non-hydrogen) atoms. The van der Waals surface area contributed by atoms with Crippen molar-refractivity contribution in [2.24, 2.45) is 0 Å². The lowest BCUT2D eigenvalue weighted by atomic mass is 10.3. The molecule has 0 spiro atoms. The van der Waals surface area contributed by atoms with Gasteiger partial charge >= 0.3 is 0 Å². The van der Waals surface area contributed by atoms with Gasteiger partial charge in [-0.25, -0.2) is 0 Å². The first-order valence-electron chi connectivity index (χ1n) is 21.9. The van der Waals surface area contributed by atoms with Crippen molar-refractivity contribution in [3.8, 4) is 23.0 Å². The van der Waals surface area contributed by atoms with E-state index in [2.05, 4.69) is 12.1 Å². The molecule has 13 heteroatoms. The van der Waals surface area contributed by atoms with Gasteiger partial charge in [0.2, 0.25) is 0 Å². The average Bonchev–Trinajstić information content (AvgIpc) is 3.34. The first-order chi connectivity index (χ1) is 31.6. The van der Waals surface area contributed by atoms with E-state index in [4.69, 9.17) is 52.1 Å². The molecule has 0 radical (unpaired) electrons. The second kappa shape index (κ2) is 31.2. The van der Waals surface area contributed by atoms with Gasteiger partial charge in [0, 0.05) is 17.3 Å². The summed E-state index contributed by atoms with van der Waals surface area (Å²) in [5, 5.41) is 9.53. The van der Waals surface area contributed by atoms with E-state index >= 15 is 0 Å². The van der Waals surface area contributed by atoms with Gasteiger partial charge in [-0.05, 0) is 74.5 Å². The molecule has 0 aliphatic rings. The van der Waals surface area contributed by atoms with Crippen LogP contribution in [-0.4, -0.2) is 127 Å². The molecule has 5 aromatic carbocycles. The van der Waals surface area contributed by atoms with E-state index in [1.54, 1.807) is 11.8 Å². The maximum atomic E-state index is 9.53. The zero-order chi connectivity index (χ0) is 44.7. The van der Waals surface area contributed by atoms with Crippen LogP contribution in [0.4, 0.5) is 0 Å². The molecule has 0 amide bonds. The van der Waals surface area contributed by atoms with Crippen LogP contribution in [0.15, 0.2) is 157 Å². The van der Waals surface area contributed by atoms with Gasteiger partial charge in [0.15, 0.2) is 6.29 Å². The highest BCUT2D eigenvalue weighted by molar-refractivity contribution is 7.99. The highest BCUT2D eigenvalue weighted by atomic mass is 32.2. The van der Waals surface area contributed by atoms with Crippen LogP contribution in [0.3, 0.4) is 0 Å². The zero-order valence-electron chi connectivity index (χ0n) is 36.9. The Morgan fingerprint density at radius 2 is 0.719 bits per heavy atom. The fraction of sp³-hybridized carbons (Fsp3) is 0.412. The quantitative estimate of drug-likeness (QED) is 0.0310. The molecule has 12 nitrogen and oxygen atoms in total. The molecule has 0 heterocycles. The first-order valence-corrected chi connectivity index (χ1v) is 22.9. The van der Waals surface area contributed by atoms with Crippen molar-refractivity contribution in [1.82, 2.24) is 0 Å². The summed E-state index contributed by atoms with van der Waals surface area (Å²) < 4.78 is 68.4. The summed E-state index contributed by atoms with van der Waals surface area (Å²) in [7, 11) is 0. The molecule has 346 valence electrons. The third-order valence-corrected chi connectivity index (χ3v) is 10.5. The minimum absolute atomic E-state index is 0.133. The predicted molar refractivity (Wildman–Crippen MR) is 248 cm³/mol. The average molecular weight is 901 g/mol. The Morgan fingerprint density at radius 1 is 0.391 bits per heavy atom. The number of hydrogen-bond acceptors (Lipinski definition) is 13. The Morgan fingerprint density at radius 3 is 1.11 bits per heavy atom. The van der Waals surface area contributed by atoms with Crippen molar-refractivity contribution in [3.63, 3.8) is 0 Å². The third-order valence-electron chi connectivity index (χ3n) is 9.33. The Hall–Kier alpha value is -4.67. The summed E-state index contributed by atoms with van der Waals surface area (Å²) in [4.78, 5) is 1.14. The van der Waals surface area contributed by atoms with Crippen LogP contribution in [-0.2, 0) is 33.2 Å². The smallest absolute Gasteiger partial charge is 0.154 e. The second-order valence-electron chi connectivity index (χ2n) is 14.5. The van der Waals surface area contributed by atoms with Crippen molar-refractivity contribution in [2.75, 3.05) is 85.0 Å². The van der Waals surface area contributed by atoms with Crippen LogP contribution in [0.25, 0.3) is 0 Å². The van der Waals surface area contributed by atoms with Gasteiger partial charge in [-0.3, -0.25) is 0 Å². The van der Waals surface area contributed by atoms with Gasteiger partial charge in [-0.15, -0.1) is 11.8 Å². The number of aliphatic hydroxyl groups is 1. The number of benzene rings is 5. The fourth-order valence-corrected chi connectivity index (χ4v) is 6.89. The molecular formula is C51H64O12S. The molecule has 0 fully saturated rings. The third kappa shape index (κ3) is 21.3. The molecule has 0 aliphatic carbocycles. The predicted octanol–water partition coefficient (Wildman–Crippen LogP) is 8.41. The van der Waals surface area contributed by atoms with E-state index in [0.717, 1.165) is 16.4 Å². The number of ether oxygens (including phenoxy) is 11. The molecule has 0 aliphatic heterocycles. The minimum Gasteiger partial charge on any atom is -0.491 e. The molecule has 0 saturated carbocycles. The van der Waals surface area contributed by atoms with Crippen LogP contribution < -0.4 is 18.9 Å². The van der Waals surface area contributed by atoms with E-state index in [0.29, 0.717) is 30.5 Å².